The smallest absolute Gasteiger partial charge is 0.328 e. The Hall–Kier alpha value is -2.15. The molecule has 0 aliphatic heterocycles. The molecule has 0 saturated carbocycles. The van der Waals surface area contributed by atoms with Gasteiger partial charge in [-0.15, -0.1) is 0 Å². The average Bonchev–Trinajstić information content (AvgIpc) is 2.28. The number of halogens is 1. The number of nitrogens with one attached hydrogen (secondary N) is 1. The molecule has 0 aliphatic rings. The van der Waals surface area contributed by atoms with E-state index in [1.54, 1.807) is 0 Å². The lowest BCUT2D eigenvalue weighted by Crippen LogP contribution is -2.43. The van der Waals surface area contributed by atoms with Gasteiger partial charge in [0.15, 0.2) is 6.04 Å². The van der Waals surface area contributed by atoms with Crippen LogP contribution >= 0.6 is 0 Å². The maximum atomic E-state index is 12.9. The molecule has 1 aromatic carbocycles. The third-order valence-electron chi connectivity index (χ3n) is 2.05. The summed E-state index contributed by atoms with van der Waals surface area (Å²) >= 11 is 0. The Balaban J connectivity index is 2.89. The molecule has 0 spiro atoms. The number of aliphatic hydroxyl groups excluding tert-OH is 1. The first kappa shape index (κ1) is 12.9. The molecule has 0 aromatic heterocycles. The zero-order chi connectivity index (χ0) is 13.0. The highest BCUT2D eigenvalue weighted by Gasteiger charge is 2.20. The van der Waals surface area contributed by atoms with Crippen LogP contribution in [-0.4, -0.2) is 34.7 Å². The van der Waals surface area contributed by atoms with Crippen molar-refractivity contribution in [3.63, 3.8) is 0 Å². The highest BCUT2D eigenvalue weighted by Crippen LogP contribution is 2.13. The molecule has 7 heteroatoms. The van der Waals surface area contributed by atoms with Gasteiger partial charge in [-0.05, 0) is 18.2 Å². The number of nitrogens with two attached hydrogens (primary N) is 1. The van der Waals surface area contributed by atoms with Crippen LogP contribution in [0.2, 0.25) is 0 Å². The molecular weight excluding hydrogens is 231 g/mol. The van der Waals surface area contributed by atoms with Crippen molar-refractivity contribution in [2.24, 2.45) is 0 Å². The number of anilines is 1. The number of hydrogen-bond donors (Lipinski definition) is 4. The molecule has 0 radical (unpaired) electrons. The topological polar surface area (TPSA) is 113 Å². The van der Waals surface area contributed by atoms with Crippen molar-refractivity contribution in [1.29, 1.82) is 0 Å². The van der Waals surface area contributed by atoms with Crippen LogP contribution in [0.15, 0.2) is 18.2 Å². The minimum atomic E-state index is -1.45. The van der Waals surface area contributed by atoms with Gasteiger partial charge in [-0.3, -0.25) is 4.79 Å². The Bertz CT molecular complexity index is 450. The van der Waals surface area contributed by atoms with Gasteiger partial charge in [0.1, 0.15) is 5.82 Å². The first-order valence-electron chi connectivity index (χ1n) is 4.65. The fourth-order valence-electron chi connectivity index (χ4n) is 1.15. The van der Waals surface area contributed by atoms with Crippen LogP contribution < -0.4 is 11.1 Å². The van der Waals surface area contributed by atoms with E-state index in [1.807, 2.05) is 5.32 Å². The summed E-state index contributed by atoms with van der Waals surface area (Å²) in [6.07, 6.45) is 0. The Morgan fingerprint density at radius 1 is 1.47 bits per heavy atom. The number of carboxylic acid groups (broad SMARTS) is 1. The number of rotatable bonds is 4. The van der Waals surface area contributed by atoms with Crippen molar-refractivity contribution in [1.82, 2.24) is 5.32 Å². The number of carboxylic acids is 1. The van der Waals surface area contributed by atoms with Gasteiger partial charge in [0.25, 0.3) is 5.91 Å². The second kappa shape index (κ2) is 5.26. The van der Waals surface area contributed by atoms with Gasteiger partial charge < -0.3 is 21.3 Å². The third kappa shape index (κ3) is 3.15. The summed E-state index contributed by atoms with van der Waals surface area (Å²) in [5, 5.41) is 19.3. The molecule has 0 saturated heterocycles. The fraction of sp³-hybridized carbons (Fsp3) is 0.200. The van der Waals surface area contributed by atoms with E-state index in [0.29, 0.717) is 0 Å². The number of carbonyl (C=O) groups is 2. The summed E-state index contributed by atoms with van der Waals surface area (Å²) in [7, 11) is 0. The van der Waals surface area contributed by atoms with E-state index >= 15 is 0 Å². The van der Waals surface area contributed by atoms with Crippen LogP contribution in [0.25, 0.3) is 0 Å². The minimum Gasteiger partial charge on any atom is -0.480 e. The summed E-state index contributed by atoms with van der Waals surface area (Å²) < 4.78 is 12.9. The quantitative estimate of drug-likeness (QED) is 0.536. The summed E-state index contributed by atoms with van der Waals surface area (Å²) in [4.78, 5) is 22.1. The largest absolute Gasteiger partial charge is 0.480 e. The van der Waals surface area contributed by atoms with E-state index in [2.05, 4.69) is 0 Å². The van der Waals surface area contributed by atoms with Crippen molar-refractivity contribution in [3.8, 4) is 0 Å². The van der Waals surface area contributed by atoms with E-state index in [4.69, 9.17) is 15.9 Å². The molecule has 0 heterocycles. The zero-order valence-electron chi connectivity index (χ0n) is 8.68. The SMILES string of the molecule is Nc1ccc(F)cc1C(=O)N[C@@H](CO)C(=O)O. The molecule has 0 bridgehead atoms. The van der Waals surface area contributed by atoms with Gasteiger partial charge >= 0.3 is 5.97 Å². The van der Waals surface area contributed by atoms with E-state index in [1.165, 1.54) is 6.07 Å². The van der Waals surface area contributed by atoms with Crippen LogP contribution in [0.4, 0.5) is 10.1 Å². The molecule has 1 atom stereocenters. The van der Waals surface area contributed by atoms with Crippen LogP contribution in [-0.2, 0) is 4.79 Å². The van der Waals surface area contributed by atoms with Crippen molar-refractivity contribution < 1.29 is 24.2 Å². The average molecular weight is 242 g/mol. The number of carbonyl (C=O) groups excluding carboxylic acids is 1. The lowest BCUT2D eigenvalue weighted by molar-refractivity contribution is -0.140. The molecular formula is C10H11FN2O4. The van der Waals surface area contributed by atoms with E-state index in [9.17, 15) is 14.0 Å². The van der Waals surface area contributed by atoms with Crippen molar-refractivity contribution in [3.05, 3.63) is 29.6 Å². The number of aliphatic hydroxyl groups is 1. The monoisotopic (exact) mass is 242 g/mol. The highest BCUT2D eigenvalue weighted by atomic mass is 19.1. The summed E-state index contributed by atoms with van der Waals surface area (Å²) in [6, 6.07) is 1.71. The third-order valence-corrected chi connectivity index (χ3v) is 2.05. The van der Waals surface area contributed by atoms with Gasteiger partial charge in [0.05, 0.1) is 12.2 Å². The fourth-order valence-corrected chi connectivity index (χ4v) is 1.15. The van der Waals surface area contributed by atoms with Crippen LogP contribution in [0.5, 0.6) is 0 Å². The number of benzene rings is 1. The standard InChI is InChI=1S/C10H11FN2O4/c11-5-1-2-7(12)6(3-5)9(15)13-8(4-14)10(16)17/h1-3,8,14H,4,12H2,(H,13,15)(H,16,17)/t8-/m0/s1. The lowest BCUT2D eigenvalue weighted by atomic mass is 10.1. The summed E-state index contributed by atoms with van der Waals surface area (Å²) in [5.41, 5.74) is 5.29. The lowest BCUT2D eigenvalue weighted by Gasteiger charge is -2.12. The van der Waals surface area contributed by atoms with Crippen molar-refractivity contribution in [2.45, 2.75) is 6.04 Å². The molecule has 92 valence electrons. The molecule has 1 aromatic rings. The highest BCUT2D eigenvalue weighted by molar-refractivity contribution is 6.00. The number of hydrogen-bond acceptors (Lipinski definition) is 4. The van der Waals surface area contributed by atoms with Gasteiger partial charge in [-0.2, -0.15) is 0 Å². The molecule has 1 amide bonds. The van der Waals surface area contributed by atoms with Crippen molar-refractivity contribution >= 4 is 17.6 Å². The molecule has 5 N–H and O–H groups in total. The molecule has 17 heavy (non-hydrogen) atoms. The molecule has 0 unspecified atom stereocenters. The maximum absolute atomic E-state index is 12.9. The second-order valence-corrected chi connectivity index (χ2v) is 3.28. The zero-order valence-corrected chi connectivity index (χ0v) is 8.68. The predicted octanol–water partition coefficient (Wildman–Crippen LogP) is -0.417. The molecule has 1 rings (SSSR count). The molecule has 0 fully saturated rings. The van der Waals surface area contributed by atoms with Gasteiger partial charge in [-0.25, -0.2) is 9.18 Å². The van der Waals surface area contributed by atoms with Gasteiger partial charge in [0, 0.05) is 5.69 Å². The maximum Gasteiger partial charge on any atom is 0.328 e. The molecule has 0 aliphatic carbocycles. The Morgan fingerprint density at radius 2 is 2.12 bits per heavy atom. The Morgan fingerprint density at radius 3 is 2.65 bits per heavy atom. The van der Waals surface area contributed by atoms with E-state index < -0.39 is 30.3 Å². The predicted molar refractivity (Wildman–Crippen MR) is 56.8 cm³/mol. The minimum absolute atomic E-state index is 0.0194. The summed E-state index contributed by atoms with van der Waals surface area (Å²) in [5.74, 6) is -2.92. The van der Waals surface area contributed by atoms with Gasteiger partial charge in [0.2, 0.25) is 0 Å². The first-order valence-corrected chi connectivity index (χ1v) is 4.65. The van der Waals surface area contributed by atoms with Crippen LogP contribution in [0.1, 0.15) is 10.4 Å². The Kier molecular flexibility index (Phi) is 4.00. The molecule has 6 nitrogen and oxygen atoms in total. The number of aliphatic carboxylic acids is 1. The Labute approximate surface area is 95.9 Å². The first-order chi connectivity index (χ1) is 7.95. The van der Waals surface area contributed by atoms with E-state index in [-0.39, 0.29) is 11.3 Å². The summed E-state index contributed by atoms with van der Waals surface area (Å²) in [6.45, 7) is -0.768. The van der Waals surface area contributed by atoms with E-state index in [0.717, 1.165) is 12.1 Å². The normalized spacial score (nSPS) is 11.9. The van der Waals surface area contributed by atoms with Crippen LogP contribution in [0, 0.1) is 5.82 Å². The number of nitrogen functional groups attached to an aromatic ring is 1. The van der Waals surface area contributed by atoms with Gasteiger partial charge in [-0.1, -0.05) is 0 Å². The second-order valence-electron chi connectivity index (χ2n) is 3.28. The van der Waals surface area contributed by atoms with Crippen LogP contribution in [0.3, 0.4) is 0 Å². The van der Waals surface area contributed by atoms with Crippen molar-refractivity contribution in [2.75, 3.05) is 12.3 Å². The number of amides is 1.